The lowest BCUT2D eigenvalue weighted by molar-refractivity contribution is -0.123. The zero-order chi connectivity index (χ0) is 19.8. The molecule has 1 heterocycles. The van der Waals surface area contributed by atoms with Crippen LogP contribution in [0.15, 0.2) is 60.8 Å². The lowest BCUT2D eigenvalue weighted by Crippen LogP contribution is -2.28. The van der Waals surface area contributed by atoms with E-state index in [-0.39, 0.29) is 12.5 Å². The molecule has 0 aliphatic carbocycles. The maximum Gasteiger partial charge on any atom is 0.258 e. The van der Waals surface area contributed by atoms with Crippen LogP contribution in [-0.2, 0) is 11.3 Å². The molecule has 3 rings (SSSR count). The second-order valence-corrected chi connectivity index (χ2v) is 5.89. The van der Waals surface area contributed by atoms with Crippen molar-refractivity contribution in [1.82, 2.24) is 15.1 Å². The van der Waals surface area contributed by atoms with Crippen LogP contribution in [0.2, 0.25) is 0 Å². The topological polar surface area (TPSA) is 74.6 Å². The second-order valence-electron chi connectivity index (χ2n) is 5.89. The van der Waals surface area contributed by atoms with Crippen molar-refractivity contribution in [2.45, 2.75) is 13.5 Å². The number of nitrogens with one attached hydrogen (secondary N) is 1. The van der Waals surface area contributed by atoms with E-state index in [1.165, 1.54) is 0 Å². The molecule has 1 N–H and O–H groups in total. The number of methoxy groups -OCH3 is 1. The number of aromatic nitrogens is 2. The Balaban J connectivity index is 1.50. The average Bonchev–Trinajstić information content (AvgIpc) is 3.21. The van der Waals surface area contributed by atoms with Crippen molar-refractivity contribution in [3.8, 4) is 22.9 Å². The Morgan fingerprint density at radius 2 is 1.75 bits per heavy atom. The van der Waals surface area contributed by atoms with Crippen LogP contribution in [0.4, 0.5) is 0 Å². The molecular weight excluding hydrogens is 358 g/mol. The normalized spacial score (nSPS) is 10.4. The van der Waals surface area contributed by atoms with Crippen LogP contribution in [0.3, 0.4) is 0 Å². The third-order valence-electron chi connectivity index (χ3n) is 3.96. The summed E-state index contributed by atoms with van der Waals surface area (Å²) in [5, 5.41) is 7.27. The summed E-state index contributed by atoms with van der Waals surface area (Å²) in [4.78, 5) is 12.1. The zero-order valence-corrected chi connectivity index (χ0v) is 15.9. The molecule has 2 aromatic carbocycles. The Hall–Kier alpha value is -3.48. The van der Waals surface area contributed by atoms with Crippen molar-refractivity contribution in [1.29, 1.82) is 0 Å². The highest BCUT2D eigenvalue weighted by Crippen LogP contribution is 2.26. The quantitative estimate of drug-likeness (QED) is 0.617. The fraction of sp³-hybridized carbons (Fsp3) is 0.238. The van der Waals surface area contributed by atoms with Gasteiger partial charge in [0.05, 0.1) is 31.6 Å². The molecule has 1 aromatic heterocycles. The van der Waals surface area contributed by atoms with E-state index in [1.807, 2.05) is 61.7 Å². The van der Waals surface area contributed by atoms with Gasteiger partial charge in [-0.3, -0.25) is 4.79 Å². The molecule has 0 unspecified atom stereocenters. The number of amides is 1. The Kier molecular flexibility index (Phi) is 6.51. The monoisotopic (exact) mass is 381 g/mol. The lowest BCUT2D eigenvalue weighted by atomic mass is 10.3. The molecule has 1 amide bonds. The Morgan fingerprint density at radius 3 is 2.43 bits per heavy atom. The molecule has 0 bridgehead atoms. The lowest BCUT2D eigenvalue weighted by Gasteiger charge is -2.11. The average molecular weight is 381 g/mol. The molecule has 0 atom stereocenters. The van der Waals surface area contributed by atoms with E-state index in [0.29, 0.717) is 24.7 Å². The van der Waals surface area contributed by atoms with Crippen LogP contribution in [0.1, 0.15) is 12.6 Å². The fourth-order valence-corrected chi connectivity index (χ4v) is 2.56. The Morgan fingerprint density at radius 1 is 1.04 bits per heavy atom. The van der Waals surface area contributed by atoms with Crippen LogP contribution in [0.25, 0.3) is 5.69 Å². The van der Waals surface area contributed by atoms with Gasteiger partial charge in [0.25, 0.3) is 5.91 Å². The molecule has 7 nitrogen and oxygen atoms in total. The number of rotatable bonds is 9. The van der Waals surface area contributed by atoms with E-state index in [0.717, 1.165) is 17.1 Å². The molecular formula is C21H23N3O4. The van der Waals surface area contributed by atoms with Crippen molar-refractivity contribution in [2.24, 2.45) is 0 Å². The predicted octanol–water partition coefficient (Wildman–Crippen LogP) is 2.97. The van der Waals surface area contributed by atoms with E-state index < -0.39 is 0 Å². The first-order chi connectivity index (χ1) is 13.7. The number of para-hydroxylation sites is 2. The third-order valence-corrected chi connectivity index (χ3v) is 3.96. The minimum Gasteiger partial charge on any atom is -0.497 e. The molecule has 0 saturated heterocycles. The van der Waals surface area contributed by atoms with Gasteiger partial charge < -0.3 is 19.5 Å². The predicted molar refractivity (Wildman–Crippen MR) is 105 cm³/mol. The van der Waals surface area contributed by atoms with Crippen LogP contribution < -0.4 is 19.5 Å². The van der Waals surface area contributed by atoms with Gasteiger partial charge >= 0.3 is 0 Å². The van der Waals surface area contributed by atoms with Gasteiger partial charge in [0.15, 0.2) is 18.1 Å². The molecule has 3 aromatic rings. The van der Waals surface area contributed by atoms with Crippen molar-refractivity contribution < 1.29 is 19.0 Å². The summed E-state index contributed by atoms with van der Waals surface area (Å²) in [7, 11) is 1.63. The van der Waals surface area contributed by atoms with Gasteiger partial charge in [-0.05, 0) is 49.4 Å². The van der Waals surface area contributed by atoms with E-state index in [4.69, 9.17) is 14.2 Å². The summed E-state index contributed by atoms with van der Waals surface area (Å²) >= 11 is 0. The number of benzene rings is 2. The summed E-state index contributed by atoms with van der Waals surface area (Å²) < 4.78 is 17.9. The molecule has 0 fully saturated rings. The number of hydrogen-bond donors (Lipinski definition) is 1. The second kappa shape index (κ2) is 9.45. The first kappa shape index (κ1) is 19.3. The SMILES string of the molecule is CCOc1ccccc1OCC(=O)NCc1ccn(-c2ccc(OC)cc2)n1. The molecule has 0 aliphatic rings. The van der Waals surface area contributed by atoms with Crippen LogP contribution in [0.5, 0.6) is 17.2 Å². The first-order valence-corrected chi connectivity index (χ1v) is 9.00. The summed E-state index contributed by atoms with van der Waals surface area (Å²) in [5.41, 5.74) is 1.66. The molecule has 0 spiro atoms. The van der Waals surface area contributed by atoms with Gasteiger partial charge in [-0.2, -0.15) is 5.10 Å². The Bertz CT molecular complexity index is 906. The van der Waals surface area contributed by atoms with Gasteiger partial charge in [0, 0.05) is 6.20 Å². The van der Waals surface area contributed by atoms with Crippen molar-refractivity contribution >= 4 is 5.91 Å². The summed E-state index contributed by atoms with van der Waals surface area (Å²) in [6.07, 6.45) is 1.85. The van der Waals surface area contributed by atoms with Crippen molar-refractivity contribution in [3.05, 3.63) is 66.5 Å². The van der Waals surface area contributed by atoms with Crippen LogP contribution in [0, 0.1) is 0 Å². The highest BCUT2D eigenvalue weighted by molar-refractivity contribution is 5.77. The van der Waals surface area contributed by atoms with E-state index in [2.05, 4.69) is 10.4 Å². The summed E-state index contributed by atoms with van der Waals surface area (Å²) in [6.45, 7) is 2.65. The zero-order valence-electron chi connectivity index (χ0n) is 15.9. The molecule has 0 radical (unpaired) electrons. The minimum absolute atomic E-state index is 0.0940. The van der Waals surface area contributed by atoms with Gasteiger partial charge in [-0.15, -0.1) is 0 Å². The highest BCUT2D eigenvalue weighted by atomic mass is 16.5. The van der Waals surface area contributed by atoms with Gasteiger partial charge in [0.1, 0.15) is 5.75 Å². The highest BCUT2D eigenvalue weighted by Gasteiger charge is 2.08. The number of nitrogens with zero attached hydrogens (tertiary/aromatic N) is 2. The number of carbonyl (C=O) groups is 1. The molecule has 146 valence electrons. The first-order valence-electron chi connectivity index (χ1n) is 9.00. The van der Waals surface area contributed by atoms with Crippen molar-refractivity contribution in [3.63, 3.8) is 0 Å². The van der Waals surface area contributed by atoms with E-state index >= 15 is 0 Å². The van der Waals surface area contributed by atoms with E-state index in [9.17, 15) is 4.79 Å². The summed E-state index contributed by atoms with van der Waals surface area (Å²) in [6, 6.07) is 16.7. The number of carbonyl (C=O) groups excluding carboxylic acids is 1. The third kappa shape index (κ3) is 5.03. The molecule has 0 aliphatic heterocycles. The minimum atomic E-state index is -0.231. The number of hydrogen-bond acceptors (Lipinski definition) is 5. The molecule has 0 saturated carbocycles. The van der Waals surface area contributed by atoms with Crippen LogP contribution in [-0.4, -0.2) is 36.0 Å². The Labute approximate surface area is 163 Å². The molecule has 28 heavy (non-hydrogen) atoms. The van der Waals surface area contributed by atoms with Gasteiger partial charge in [-0.1, -0.05) is 12.1 Å². The van der Waals surface area contributed by atoms with E-state index in [1.54, 1.807) is 17.9 Å². The standard InChI is InChI=1S/C21H23N3O4/c1-3-27-19-6-4-5-7-20(19)28-15-21(25)22-14-16-12-13-24(23-16)17-8-10-18(26-2)11-9-17/h4-13H,3,14-15H2,1-2H3,(H,22,25). The summed E-state index contributed by atoms with van der Waals surface area (Å²) in [5.74, 6) is 1.72. The van der Waals surface area contributed by atoms with Gasteiger partial charge in [0.2, 0.25) is 0 Å². The van der Waals surface area contributed by atoms with Crippen molar-refractivity contribution in [2.75, 3.05) is 20.3 Å². The van der Waals surface area contributed by atoms with Crippen LogP contribution >= 0.6 is 0 Å². The molecule has 7 heteroatoms. The van der Waals surface area contributed by atoms with Gasteiger partial charge in [-0.25, -0.2) is 4.68 Å². The fourth-order valence-electron chi connectivity index (χ4n) is 2.56. The number of ether oxygens (including phenoxy) is 3. The maximum atomic E-state index is 12.1. The largest absolute Gasteiger partial charge is 0.497 e. The smallest absolute Gasteiger partial charge is 0.258 e. The maximum absolute atomic E-state index is 12.1.